The molecular formula is C17H17NO3S. The maximum absolute atomic E-state index is 11.8. The largest absolute Gasteiger partial charge is 0.458 e. The lowest BCUT2D eigenvalue weighted by molar-refractivity contribution is -0.120. The molecule has 2 N–H and O–H groups in total. The molecule has 0 radical (unpaired) electrons. The SMILES string of the molecule is O=C(Cc1cccs1)NCCC(O)c1cc2ccccc2o1. The number of furan rings is 1. The molecule has 0 spiro atoms. The average molecular weight is 315 g/mol. The van der Waals surface area contributed by atoms with Gasteiger partial charge in [-0.15, -0.1) is 11.3 Å². The molecule has 5 heteroatoms. The van der Waals surface area contributed by atoms with Crippen molar-refractivity contribution in [2.75, 3.05) is 6.54 Å². The van der Waals surface area contributed by atoms with E-state index in [9.17, 15) is 9.90 Å². The number of benzene rings is 1. The van der Waals surface area contributed by atoms with Crippen LogP contribution < -0.4 is 5.32 Å². The second kappa shape index (κ2) is 6.77. The topological polar surface area (TPSA) is 62.5 Å². The maximum Gasteiger partial charge on any atom is 0.225 e. The van der Waals surface area contributed by atoms with E-state index in [2.05, 4.69) is 5.32 Å². The first-order chi connectivity index (χ1) is 10.7. The van der Waals surface area contributed by atoms with Crippen LogP contribution in [-0.2, 0) is 11.2 Å². The fourth-order valence-corrected chi connectivity index (χ4v) is 2.99. The number of rotatable bonds is 6. The van der Waals surface area contributed by atoms with Gasteiger partial charge in [0.2, 0.25) is 5.91 Å². The summed E-state index contributed by atoms with van der Waals surface area (Å²) in [5, 5.41) is 15.9. The summed E-state index contributed by atoms with van der Waals surface area (Å²) in [5.41, 5.74) is 0.762. The van der Waals surface area contributed by atoms with Gasteiger partial charge in [0, 0.05) is 16.8 Å². The first kappa shape index (κ1) is 14.8. The van der Waals surface area contributed by atoms with Gasteiger partial charge >= 0.3 is 0 Å². The maximum atomic E-state index is 11.8. The number of thiophene rings is 1. The van der Waals surface area contributed by atoms with Crippen molar-refractivity contribution in [3.05, 3.63) is 58.5 Å². The van der Waals surface area contributed by atoms with Crippen molar-refractivity contribution >= 4 is 28.2 Å². The minimum atomic E-state index is -0.713. The van der Waals surface area contributed by atoms with Gasteiger partial charge in [0.25, 0.3) is 0 Å². The van der Waals surface area contributed by atoms with Crippen molar-refractivity contribution < 1.29 is 14.3 Å². The Morgan fingerprint density at radius 2 is 2.14 bits per heavy atom. The monoisotopic (exact) mass is 315 g/mol. The summed E-state index contributed by atoms with van der Waals surface area (Å²) >= 11 is 1.57. The summed E-state index contributed by atoms with van der Waals surface area (Å²) in [6.45, 7) is 0.419. The third-order valence-electron chi connectivity index (χ3n) is 3.43. The third kappa shape index (κ3) is 3.55. The molecule has 0 fully saturated rings. The van der Waals surface area contributed by atoms with E-state index in [0.29, 0.717) is 25.1 Å². The fraction of sp³-hybridized carbons (Fsp3) is 0.235. The zero-order valence-corrected chi connectivity index (χ0v) is 12.8. The van der Waals surface area contributed by atoms with Crippen LogP contribution in [0.4, 0.5) is 0 Å². The van der Waals surface area contributed by atoms with Gasteiger partial charge < -0.3 is 14.8 Å². The van der Waals surface area contributed by atoms with Gasteiger partial charge in [-0.1, -0.05) is 24.3 Å². The van der Waals surface area contributed by atoms with Gasteiger partial charge in [0.05, 0.1) is 6.42 Å². The van der Waals surface area contributed by atoms with E-state index in [1.165, 1.54) is 0 Å². The fourth-order valence-electron chi connectivity index (χ4n) is 2.29. The summed E-state index contributed by atoms with van der Waals surface area (Å²) in [7, 11) is 0. The van der Waals surface area contributed by atoms with Crippen LogP contribution in [0.25, 0.3) is 11.0 Å². The minimum absolute atomic E-state index is 0.0285. The predicted molar refractivity (Wildman–Crippen MR) is 86.8 cm³/mol. The first-order valence-electron chi connectivity index (χ1n) is 7.18. The average Bonchev–Trinajstić information content (AvgIpc) is 3.15. The number of para-hydroxylation sites is 1. The Kier molecular flexibility index (Phi) is 4.56. The predicted octanol–water partition coefficient (Wildman–Crippen LogP) is 3.28. The molecule has 3 rings (SSSR count). The Balaban J connectivity index is 1.49. The van der Waals surface area contributed by atoms with E-state index in [0.717, 1.165) is 15.8 Å². The highest BCUT2D eigenvalue weighted by Crippen LogP contribution is 2.25. The summed E-state index contributed by atoms with van der Waals surface area (Å²) in [6, 6.07) is 13.3. The first-order valence-corrected chi connectivity index (χ1v) is 8.06. The van der Waals surface area contributed by atoms with Gasteiger partial charge in [0.1, 0.15) is 17.4 Å². The van der Waals surface area contributed by atoms with Crippen molar-refractivity contribution in [2.24, 2.45) is 0 Å². The molecule has 0 aliphatic rings. The second-order valence-corrected chi connectivity index (χ2v) is 6.13. The smallest absolute Gasteiger partial charge is 0.225 e. The zero-order valence-electron chi connectivity index (χ0n) is 12.0. The molecular weight excluding hydrogens is 298 g/mol. The van der Waals surface area contributed by atoms with Crippen LogP contribution in [0, 0.1) is 0 Å². The van der Waals surface area contributed by atoms with Gasteiger partial charge in [-0.2, -0.15) is 0 Å². The number of carbonyl (C=O) groups is 1. The van der Waals surface area contributed by atoms with Gasteiger partial charge in [-0.05, 0) is 30.0 Å². The number of hydrogen-bond donors (Lipinski definition) is 2. The van der Waals surface area contributed by atoms with Crippen LogP contribution in [0.3, 0.4) is 0 Å². The zero-order chi connectivity index (χ0) is 15.4. The van der Waals surface area contributed by atoms with E-state index in [-0.39, 0.29) is 5.91 Å². The summed E-state index contributed by atoms with van der Waals surface area (Å²) in [5.74, 6) is 0.507. The standard InChI is InChI=1S/C17H17NO3S/c19-14(16-10-12-4-1-2-6-15(12)21-16)7-8-18-17(20)11-13-5-3-9-22-13/h1-6,9-10,14,19H,7-8,11H2,(H,18,20). The highest BCUT2D eigenvalue weighted by atomic mass is 32.1. The molecule has 2 aromatic heterocycles. The minimum Gasteiger partial charge on any atom is -0.458 e. The summed E-state index contributed by atoms with van der Waals surface area (Å²) < 4.78 is 5.61. The molecule has 0 saturated heterocycles. The van der Waals surface area contributed by atoms with Crippen LogP contribution in [0.2, 0.25) is 0 Å². The Morgan fingerprint density at radius 3 is 2.91 bits per heavy atom. The second-order valence-electron chi connectivity index (χ2n) is 5.10. The van der Waals surface area contributed by atoms with Crippen LogP contribution in [0.15, 0.2) is 52.3 Å². The van der Waals surface area contributed by atoms with Crippen LogP contribution in [-0.4, -0.2) is 17.6 Å². The number of nitrogens with one attached hydrogen (secondary N) is 1. The lowest BCUT2D eigenvalue weighted by atomic mass is 10.2. The van der Waals surface area contributed by atoms with Gasteiger partial charge in [0.15, 0.2) is 0 Å². The molecule has 1 atom stereocenters. The third-order valence-corrected chi connectivity index (χ3v) is 4.30. The molecule has 0 bridgehead atoms. The van der Waals surface area contributed by atoms with Crippen molar-refractivity contribution in [2.45, 2.75) is 18.9 Å². The number of aliphatic hydroxyl groups is 1. The number of amides is 1. The quantitative estimate of drug-likeness (QED) is 0.734. The van der Waals surface area contributed by atoms with Crippen molar-refractivity contribution in [3.8, 4) is 0 Å². The van der Waals surface area contributed by atoms with Crippen molar-refractivity contribution in [1.82, 2.24) is 5.32 Å². The van der Waals surface area contributed by atoms with Gasteiger partial charge in [-0.25, -0.2) is 0 Å². The number of hydrogen-bond acceptors (Lipinski definition) is 4. The van der Waals surface area contributed by atoms with E-state index in [4.69, 9.17) is 4.42 Å². The Hall–Kier alpha value is -2.11. The Labute approximate surface area is 132 Å². The highest BCUT2D eigenvalue weighted by Gasteiger charge is 2.13. The van der Waals surface area contributed by atoms with E-state index in [1.54, 1.807) is 11.3 Å². The highest BCUT2D eigenvalue weighted by molar-refractivity contribution is 7.10. The number of aliphatic hydroxyl groups excluding tert-OH is 1. The molecule has 3 aromatic rings. The molecule has 2 heterocycles. The van der Waals surface area contributed by atoms with E-state index < -0.39 is 6.10 Å². The molecule has 114 valence electrons. The Bertz CT molecular complexity index is 715. The lowest BCUT2D eigenvalue weighted by Gasteiger charge is -2.08. The molecule has 4 nitrogen and oxygen atoms in total. The summed E-state index contributed by atoms with van der Waals surface area (Å²) in [6.07, 6.45) is 0.100. The number of carbonyl (C=O) groups excluding carboxylic acids is 1. The van der Waals surface area contributed by atoms with E-state index in [1.807, 2.05) is 47.8 Å². The normalized spacial score (nSPS) is 12.4. The molecule has 1 amide bonds. The van der Waals surface area contributed by atoms with Crippen molar-refractivity contribution in [3.63, 3.8) is 0 Å². The molecule has 22 heavy (non-hydrogen) atoms. The van der Waals surface area contributed by atoms with E-state index >= 15 is 0 Å². The molecule has 1 aromatic carbocycles. The molecule has 0 saturated carbocycles. The van der Waals surface area contributed by atoms with Crippen molar-refractivity contribution in [1.29, 1.82) is 0 Å². The van der Waals surface area contributed by atoms with Gasteiger partial charge in [-0.3, -0.25) is 4.79 Å². The molecule has 0 aliphatic carbocycles. The lowest BCUT2D eigenvalue weighted by Crippen LogP contribution is -2.26. The van der Waals surface area contributed by atoms with Crippen LogP contribution in [0.5, 0.6) is 0 Å². The molecule has 0 aliphatic heterocycles. The summed E-state index contributed by atoms with van der Waals surface area (Å²) in [4.78, 5) is 12.8. The molecule has 1 unspecified atom stereocenters. The Morgan fingerprint density at radius 1 is 1.27 bits per heavy atom. The van der Waals surface area contributed by atoms with Crippen LogP contribution in [0.1, 0.15) is 23.2 Å². The number of fused-ring (bicyclic) bond motifs is 1. The van der Waals surface area contributed by atoms with Crippen LogP contribution >= 0.6 is 11.3 Å².